The lowest BCUT2D eigenvalue weighted by Gasteiger charge is -2.31. The highest BCUT2D eigenvalue weighted by Gasteiger charge is 2.28. The second-order valence-corrected chi connectivity index (χ2v) is 7.48. The molecule has 12 nitrogen and oxygen atoms in total. The molecule has 0 spiro atoms. The van der Waals surface area contributed by atoms with Crippen LogP contribution in [0.5, 0.6) is 0 Å². The van der Waals surface area contributed by atoms with Crippen molar-refractivity contribution in [2.75, 3.05) is 6.54 Å². The molecular formula is C16H29N7O5. The molecule has 158 valence electrons. The summed E-state index contributed by atoms with van der Waals surface area (Å²) < 4.78 is 1.37. The Morgan fingerprint density at radius 1 is 1.29 bits per heavy atom. The third-order valence-corrected chi connectivity index (χ3v) is 4.62. The first-order chi connectivity index (χ1) is 12.9. The fourth-order valence-electron chi connectivity index (χ4n) is 2.03. The van der Waals surface area contributed by atoms with E-state index < -0.39 is 22.1 Å². The molecule has 28 heavy (non-hydrogen) atoms. The number of hydrogen-bond acceptors (Lipinski definition) is 10. The normalized spacial score (nSPS) is 14.9. The minimum atomic E-state index is -0.772. The number of hydrogen-bond donors (Lipinski definition) is 4. The average molecular weight is 399 g/mol. The van der Waals surface area contributed by atoms with Crippen LogP contribution in [0.4, 0.5) is 5.95 Å². The third kappa shape index (κ3) is 6.25. The summed E-state index contributed by atoms with van der Waals surface area (Å²) >= 11 is 0. The molecule has 1 rings (SSSR count). The average Bonchev–Trinajstić information content (AvgIpc) is 3.10. The summed E-state index contributed by atoms with van der Waals surface area (Å²) in [6, 6.07) is 0. The molecule has 0 radical (unpaired) electrons. The number of oxime groups is 2. The quantitative estimate of drug-likeness (QED) is 0.189. The molecule has 0 saturated heterocycles. The van der Waals surface area contributed by atoms with E-state index in [1.165, 1.54) is 17.0 Å². The SMILES string of the molecule is C/C(=N\O)C(C)(C)NC[C@H](Cn1ccnc1[N+](=O)[O-])ONC(C)(C)/C(C)=N/O. The Kier molecular flexibility index (Phi) is 8.02. The van der Waals surface area contributed by atoms with Crippen LogP contribution in [0, 0.1) is 10.1 Å². The summed E-state index contributed by atoms with van der Waals surface area (Å²) in [7, 11) is 0. The number of hydroxylamine groups is 1. The molecule has 1 atom stereocenters. The molecule has 0 aliphatic rings. The van der Waals surface area contributed by atoms with Crippen molar-refractivity contribution in [3.05, 3.63) is 22.5 Å². The first-order valence-corrected chi connectivity index (χ1v) is 8.66. The predicted octanol–water partition coefficient (Wildman–Crippen LogP) is 1.53. The highest BCUT2D eigenvalue weighted by molar-refractivity contribution is 5.90. The van der Waals surface area contributed by atoms with E-state index in [1.54, 1.807) is 27.7 Å². The summed E-state index contributed by atoms with van der Waals surface area (Å²) in [6.07, 6.45) is 2.27. The molecule has 0 fully saturated rings. The highest BCUT2D eigenvalue weighted by atomic mass is 16.7. The maximum atomic E-state index is 11.1. The first-order valence-electron chi connectivity index (χ1n) is 8.66. The predicted molar refractivity (Wildman–Crippen MR) is 103 cm³/mol. The molecule has 0 bridgehead atoms. The van der Waals surface area contributed by atoms with Crippen LogP contribution in [-0.4, -0.2) is 60.0 Å². The fourth-order valence-corrected chi connectivity index (χ4v) is 2.03. The summed E-state index contributed by atoms with van der Waals surface area (Å²) in [6.45, 7) is 10.9. The lowest BCUT2D eigenvalue weighted by molar-refractivity contribution is -0.397. The summed E-state index contributed by atoms with van der Waals surface area (Å²) in [5.41, 5.74) is 2.30. The van der Waals surface area contributed by atoms with Crippen LogP contribution in [0.15, 0.2) is 22.7 Å². The molecule has 1 aromatic heterocycles. The molecule has 1 aromatic rings. The Labute approximate surface area is 163 Å². The van der Waals surface area contributed by atoms with Crippen LogP contribution in [0.2, 0.25) is 0 Å². The van der Waals surface area contributed by atoms with E-state index in [-0.39, 0.29) is 19.0 Å². The Balaban J connectivity index is 2.96. The van der Waals surface area contributed by atoms with Crippen molar-refractivity contribution >= 4 is 17.4 Å². The van der Waals surface area contributed by atoms with Gasteiger partial charge in [0.1, 0.15) is 25.0 Å². The van der Waals surface area contributed by atoms with Gasteiger partial charge in [-0.2, -0.15) is 5.48 Å². The van der Waals surface area contributed by atoms with E-state index in [1.807, 2.05) is 13.8 Å². The fraction of sp³-hybridized carbons (Fsp3) is 0.688. The Bertz CT molecular complexity index is 693. The van der Waals surface area contributed by atoms with Crippen molar-refractivity contribution in [3.8, 4) is 0 Å². The van der Waals surface area contributed by atoms with E-state index in [2.05, 4.69) is 26.1 Å². The van der Waals surface area contributed by atoms with Crippen molar-refractivity contribution in [2.45, 2.75) is 65.3 Å². The molecular weight excluding hydrogens is 370 g/mol. The Morgan fingerprint density at radius 3 is 2.39 bits per heavy atom. The zero-order valence-electron chi connectivity index (χ0n) is 17.0. The number of nitrogens with one attached hydrogen (secondary N) is 2. The van der Waals surface area contributed by atoms with Gasteiger partial charge in [-0.25, -0.2) is 4.57 Å². The van der Waals surface area contributed by atoms with Gasteiger partial charge in [-0.1, -0.05) is 15.3 Å². The lowest BCUT2D eigenvalue weighted by Crippen LogP contribution is -2.53. The zero-order valence-corrected chi connectivity index (χ0v) is 17.0. The number of rotatable bonds is 11. The largest absolute Gasteiger partial charge is 0.434 e. The van der Waals surface area contributed by atoms with E-state index in [9.17, 15) is 10.1 Å². The van der Waals surface area contributed by atoms with Gasteiger partial charge in [0.25, 0.3) is 0 Å². The van der Waals surface area contributed by atoms with Gasteiger partial charge >= 0.3 is 5.95 Å². The number of nitrogens with zero attached hydrogens (tertiary/aromatic N) is 5. The van der Waals surface area contributed by atoms with Gasteiger partial charge in [-0.3, -0.25) is 4.84 Å². The van der Waals surface area contributed by atoms with Gasteiger partial charge < -0.3 is 25.8 Å². The first kappa shape index (κ1) is 23.5. The van der Waals surface area contributed by atoms with Crippen LogP contribution in [-0.2, 0) is 11.4 Å². The molecule has 0 amide bonds. The number of imidazole rings is 1. The smallest absolute Gasteiger partial charge is 0.411 e. The van der Waals surface area contributed by atoms with E-state index in [0.29, 0.717) is 11.4 Å². The summed E-state index contributed by atoms with van der Waals surface area (Å²) in [4.78, 5) is 20.0. The monoisotopic (exact) mass is 399 g/mol. The van der Waals surface area contributed by atoms with Crippen molar-refractivity contribution in [1.82, 2.24) is 20.3 Å². The van der Waals surface area contributed by atoms with Crippen molar-refractivity contribution in [3.63, 3.8) is 0 Å². The van der Waals surface area contributed by atoms with E-state index >= 15 is 0 Å². The minimum absolute atomic E-state index is 0.132. The Hall–Kier alpha value is -2.57. The number of aromatic nitrogens is 2. The van der Waals surface area contributed by atoms with Crippen LogP contribution >= 0.6 is 0 Å². The molecule has 0 unspecified atom stereocenters. The molecule has 0 aromatic carbocycles. The van der Waals surface area contributed by atoms with Crippen LogP contribution in [0.3, 0.4) is 0 Å². The van der Waals surface area contributed by atoms with Gasteiger partial charge in [0.2, 0.25) is 0 Å². The lowest BCUT2D eigenvalue weighted by atomic mass is 9.99. The van der Waals surface area contributed by atoms with E-state index in [0.717, 1.165) is 0 Å². The van der Waals surface area contributed by atoms with Crippen LogP contribution in [0.25, 0.3) is 0 Å². The molecule has 0 saturated carbocycles. The molecule has 0 aliphatic carbocycles. The van der Waals surface area contributed by atoms with Gasteiger partial charge in [-0.15, -0.1) is 0 Å². The van der Waals surface area contributed by atoms with Gasteiger partial charge in [0, 0.05) is 6.54 Å². The van der Waals surface area contributed by atoms with E-state index in [4.69, 9.17) is 15.3 Å². The van der Waals surface area contributed by atoms with Gasteiger partial charge in [0.05, 0.1) is 22.5 Å². The zero-order chi connectivity index (χ0) is 21.5. The Morgan fingerprint density at radius 2 is 1.86 bits per heavy atom. The maximum absolute atomic E-state index is 11.1. The molecule has 0 aliphatic heterocycles. The van der Waals surface area contributed by atoms with Crippen molar-refractivity contribution in [1.29, 1.82) is 0 Å². The minimum Gasteiger partial charge on any atom is -0.411 e. The molecule has 12 heteroatoms. The van der Waals surface area contributed by atoms with Crippen LogP contribution in [0.1, 0.15) is 41.5 Å². The summed E-state index contributed by atoms with van der Waals surface area (Å²) in [5.74, 6) is -0.298. The van der Waals surface area contributed by atoms with Gasteiger partial charge in [-0.05, 0) is 46.5 Å². The topological polar surface area (TPSA) is 159 Å². The summed E-state index contributed by atoms with van der Waals surface area (Å²) in [5, 5.41) is 38.7. The number of nitro groups is 1. The van der Waals surface area contributed by atoms with Crippen molar-refractivity contribution < 1.29 is 20.2 Å². The second kappa shape index (κ2) is 9.57. The highest BCUT2D eigenvalue weighted by Crippen LogP contribution is 2.13. The van der Waals surface area contributed by atoms with Crippen molar-refractivity contribution in [2.24, 2.45) is 10.3 Å². The van der Waals surface area contributed by atoms with Crippen LogP contribution < -0.4 is 10.8 Å². The maximum Gasteiger partial charge on any atom is 0.434 e. The molecule has 4 N–H and O–H groups in total. The third-order valence-electron chi connectivity index (χ3n) is 4.62. The molecule has 1 heterocycles. The van der Waals surface area contributed by atoms with Gasteiger partial charge in [0.15, 0.2) is 0 Å². The second-order valence-electron chi connectivity index (χ2n) is 7.48. The standard InChI is InChI=1S/C16H29N7O5/c1-11(19-24)15(3,4)18-9-13(28-21-16(5,6)12(2)20-25)10-22-8-7-17-14(22)23(26)27/h7-8,13,18,21,24-25H,9-10H2,1-6H3/b19-11+,20-12+/t13-/m1/s1.